The van der Waals surface area contributed by atoms with Crippen LogP contribution in [0, 0.1) is 6.92 Å². The molecule has 1 heterocycles. The van der Waals surface area contributed by atoms with Gasteiger partial charge in [-0.1, -0.05) is 65.9 Å². The fourth-order valence-corrected chi connectivity index (χ4v) is 3.54. The van der Waals surface area contributed by atoms with Crippen molar-refractivity contribution in [3.05, 3.63) is 78.6 Å². The van der Waals surface area contributed by atoms with Gasteiger partial charge >= 0.3 is 0 Å². The molecule has 4 nitrogen and oxygen atoms in total. The van der Waals surface area contributed by atoms with E-state index in [1.807, 2.05) is 24.3 Å². The van der Waals surface area contributed by atoms with Gasteiger partial charge < -0.3 is 11.1 Å². The second-order valence-electron chi connectivity index (χ2n) is 6.01. The van der Waals surface area contributed by atoms with E-state index in [2.05, 4.69) is 64.7 Å². The maximum absolute atomic E-state index is 6.34. The van der Waals surface area contributed by atoms with Crippen LogP contribution in [0.3, 0.4) is 0 Å². The van der Waals surface area contributed by atoms with E-state index in [0.717, 1.165) is 21.0 Å². The van der Waals surface area contributed by atoms with Gasteiger partial charge in [0.1, 0.15) is 17.0 Å². The predicted molar refractivity (Wildman–Crippen MR) is 109 cm³/mol. The Hall–Kier alpha value is -3.05. The summed E-state index contributed by atoms with van der Waals surface area (Å²) < 4.78 is 0. The Kier molecular flexibility index (Phi) is 4.46. The summed E-state index contributed by atoms with van der Waals surface area (Å²) in [5.41, 5.74) is 9.09. The zero-order valence-electron chi connectivity index (χ0n) is 14.3. The number of benzene rings is 3. The van der Waals surface area contributed by atoms with Gasteiger partial charge in [-0.2, -0.15) is 0 Å². The Balaban J connectivity index is 1.66. The van der Waals surface area contributed by atoms with Crippen LogP contribution in [0.4, 0.5) is 17.2 Å². The molecule has 3 aromatic carbocycles. The minimum atomic E-state index is 0.547. The molecule has 1 aromatic heterocycles. The predicted octanol–water partition coefficient (Wildman–Crippen LogP) is 5.42. The number of nitrogens with zero attached hydrogens (tertiary/aromatic N) is 2. The van der Waals surface area contributed by atoms with E-state index in [4.69, 9.17) is 5.73 Å². The van der Waals surface area contributed by atoms with E-state index in [1.165, 1.54) is 22.7 Å². The van der Waals surface area contributed by atoms with Crippen LogP contribution in [0.25, 0.3) is 10.8 Å². The van der Waals surface area contributed by atoms with Gasteiger partial charge in [0.15, 0.2) is 5.82 Å². The molecular formula is C21H18N4S. The van der Waals surface area contributed by atoms with Crippen LogP contribution in [-0.4, -0.2) is 9.97 Å². The van der Waals surface area contributed by atoms with E-state index in [9.17, 15) is 0 Å². The summed E-state index contributed by atoms with van der Waals surface area (Å²) in [5.74, 6) is 0.617. The molecule has 0 bridgehead atoms. The highest BCUT2D eigenvalue weighted by atomic mass is 32.2. The second kappa shape index (κ2) is 7.06. The van der Waals surface area contributed by atoms with Crippen molar-refractivity contribution in [2.24, 2.45) is 0 Å². The lowest BCUT2D eigenvalue weighted by molar-refractivity contribution is 1.06. The van der Waals surface area contributed by atoms with Gasteiger partial charge in [0.05, 0.1) is 0 Å². The van der Waals surface area contributed by atoms with E-state index < -0.39 is 0 Å². The van der Waals surface area contributed by atoms with E-state index in [-0.39, 0.29) is 0 Å². The van der Waals surface area contributed by atoms with Crippen molar-refractivity contribution in [3.8, 4) is 0 Å². The quantitative estimate of drug-likeness (QED) is 0.477. The Morgan fingerprint density at radius 2 is 1.65 bits per heavy atom. The van der Waals surface area contributed by atoms with Gasteiger partial charge in [-0.25, -0.2) is 9.97 Å². The van der Waals surface area contributed by atoms with Crippen LogP contribution in [0.1, 0.15) is 5.56 Å². The fraction of sp³-hybridized carbons (Fsp3) is 0.0476. The van der Waals surface area contributed by atoms with Crippen molar-refractivity contribution in [1.29, 1.82) is 0 Å². The smallest absolute Gasteiger partial charge is 0.158 e. The summed E-state index contributed by atoms with van der Waals surface area (Å²) in [6.07, 6.45) is 1.54. The summed E-state index contributed by atoms with van der Waals surface area (Å²) in [6, 6.07) is 22.6. The van der Waals surface area contributed by atoms with Crippen molar-refractivity contribution in [2.75, 3.05) is 11.1 Å². The average molecular weight is 358 g/mol. The zero-order valence-corrected chi connectivity index (χ0v) is 15.1. The molecule has 4 rings (SSSR count). The van der Waals surface area contributed by atoms with Gasteiger partial charge in [-0.15, -0.1) is 0 Å². The topological polar surface area (TPSA) is 63.8 Å². The second-order valence-corrected chi connectivity index (χ2v) is 7.07. The highest BCUT2D eigenvalue weighted by molar-refractivity contribution is 7.99. The monoisotopic (exact) mass is 358 g/mol. The number of hydrogen-bond donors (Lipinski definition) is 2. The molecule has 5 heteroatoms. The van der Waals surface area contributed by atoms with Crippen LogP contribution in [0.5, 0.6) is 0 Å². The number of nitrogen functional groups attached to an aromatic ring is 1. The van der Waals surface area contributed by atoms with E-state index >= 15 is 0 Å². The largest absolute Gasteiger partial charge is 0.394 e. The minimum Gasteiger partial charge on any atom is -0.394 e. The summed E-state index contributed by atoms with van der Waals surface area (Å²) in [5, 5.41) is 6.40. The molecule has 0 fully saturated rings. The first-order valence-electron chi connectivity index (χ1n) is 8.30. The van der Waals surface area contributed by atoms with Gasteiger partial charge in [-0.05, 0) is 30.5 Å². The summed E-state index contributed by atoms with van der Waals surface area (Å²) >= 11 is 1.54. The molecule has 0 aliphatic rings. The van der Waals surface area contributed by atoms with Gasteiger partial charge in [0.2, 0.25) is 0 Å². The average Bonchev–Trinajstić information content (AvgIpc) is 2.67. The number of aromatic nitrogens is 2. The van der Waals surface area contributed by atoms with E-state index in [0.29, 0.717) is 11.5 Å². The number of hydrogen-bond acceptors (Lipinski definition) is 5. The number of nitrogens with one attached hydrogen (secondary N) is 1. The molecule has 128 valence electrons. The highest BCUT2D eigenvalue weighted by Gasteiger charge is 2.11. The molecule has 0 unspecified atom stereocenters. The summed E-state index contributed by atoms with van der Waals surface area (Å²) in [7, 11) is 0. The third-order valence-corrected chi connectivity index (χ3v) is 5.15. The molecule has 0 amide bonds. The summed E-state index contributed by atoms with van der Waals surface area (Å²) in [4.78, 5) is 9.78. The molecule has 0 saturated heterocycles. The molecule has 0 saturated carbocycles. The van der Waals surface area contributed by atoms with E-state index in [1.54, 1.807) is 6.33 Å². The Morgan fingerprint density at radius 1 is 0.885 bits per heavy atom. The fourth-order valence-electron chi connectivity index (χ4n) is 2.74. The summed E-state index contributed by atoms with van der Waals surface area (Å²) in [6.45, 7) is 2.07. The van der Waals surface area contributed by atoms with Gasteiger partial charge in [-0.3, -0.25) is 0 Å². The maximum Gasteiger partial charge on any atom is 0.158 e. The van der Waals surface area contributed by atoms with Crippen molar-refractivity contribution in [2.45, 2.75) is 16.8 Å². The molecule has 26 heavy (non-hydrogen) atoms. The lowest BCUT2D eigenvalue weighted by Crippen LogP contribution is -2.02. The molecule has 4 aromatic rings. The lowest BCUT2D eigenvalue weighted by Gasteiger charge is -2.12. The van der Waals surface area contributed by atoms with Crippen LogP contribution in [-0.2, 0) is 0 Å². The van der Waals surface area contributed by atoms with Crippen molar-refractivity contribution in [1.82, 2.24) is 9.97 Å². The SMILES string of the molecule is Cc1ccc(Sc2ncnc(Nc3cccc4ccccc34)c2N)cc1. The Morgan fingerprint density at radius 3 is 2.50 bits per heavy atom. The van der Waals surface area contributed by atoms with Crippen molar-refractivity contribution >= 4 is 39.7 Å². The normalized spacial score (nSPS) is 10.8. The van der Waals surface area contributed by atoms with Crippen LogP contribution in [0.15, 0.2) is 83.0 Å². The van der Waals surface area contributed by atoms with Gasteiger partial charge in [0.25, 0.3) is 0 Å². The van der Waals surface area contributed by atoms with Gasteiger partial charge in [0, 0.05) is 16.0 Å². The Labute approximate surface area is 156 Å². The lowest BCUT2D eigenvalue weighted by atomic mass is 10.1. The number of rotatable bonds is 4. The molecule has 0 radical (unpaired) electrons. The molecular weight excluding hydrogens is 340 g/mol. The molecule has 0 atom stereocenters. The number of anilines is 3. The Bertz CT molecular complexity index is 1060. The standard InChI is InChI=1S/C21H18N4S/c1-14-9-11-16(12-10-14)26-21-19(22)20(23-13-24-21)25-18-8-4-6-15-5-2-3-7-17(15)18/h2-13H,22H2,1H3,(H,23,24,25). The zero-order chi connectivity index (χ0) is 17.9. The third-order valence-electron chi connectivity index (χ3n) is 4.13. The number of aryl methyl sites for hydroxylation is 1. The van der Waals surface area contributed by atoms with Crippen molar-refractivity contribution < 1.29 is 0 Å². The van der Waals surface area contributed by atoms with Crippen molar-refractivity contribution in [3.63, 3.8) is 0 Å². The van der Waals surface area contributed by atoms with Crippen LogP contribution < -0.4 is 11.1 Å². The minimum absolute atomic E-state index is 0.547. The van der Waals surface area contributed by atoms with Crippen LogP contribution in [0.2, 0.25) is 0 Å². The molecule has 3 N–H and O–H groups in total. The molecule has 0 aliphatic carbocycles. The first-order valence-corrected chi connectivity index (χ1v) is 9.12. The first-order chi connectivity index (χ1) is 12.7. The molecule has 0 aliphatic heterocycles. The highest BCUT2D eigenvalue weighted by Crippen LogP contribution is 2.35. The van der Waals surface area contributed by atoms with Crippen LogP contribution >= 0.6 is 11.8 Å². The maximum atomic E-state index is 6.34. The first kappa shape index (κ1) is 16.4. The molecule has 0 spiro atoms. The number of fused-ring (bicyclic) bond motifs is 1. The number of nitrogens with two attached hydrogens (primary N) is 1. The third kappa shape index (κ3) is 3.34.